The van der Waals surface area contributed by atoms with Gasteiger partial charge in [0.05, 0.1) is 47.6 Å². The highest BCUT2D eigenvalue weighted by Gasteiger charge is 2.40. The van der Waals surface area contributed by atoms with Gasteiger partial charge in [0.1, 0.15) is 5.82 Å². The topological polar surface area (TPSA) is 130 Å². The third-order valence-corrected chi connectivity index (χ3v) is 6.61. The molecule has 12 heteroatoms. The van der Waals surface area contributed by atoms with Gasteiger partial charge in [-0.1, -0.05) is 0 Å². The molecule has 0 saturated carbocycles. The highest BCUT2D eigenvalue weighted by molar-refractivity contribution is 5.82. The molecule has 0 aliphatic carbocycles. The van der Waals surface area contributed by atoms with Crippen molar-refractivity contribution in [3.63, 3.8) is 0 Å². The van der Waals surface area contributed by atoms with E-state index in [2.05, 4.69) is 35.5 Å². The normalized spacial score (nSPS) is 18.8. The zero-order valence-corrected chi connectivity index (χ0v) is 23.2. The molecule has 11 nitrogen and oxygen atoms in total. The summed E-state index contributed by atoms with van der Waals surface area (Å²) in [6.45, 7) is 3.60. The van der Waals surface area contributed by atoms with Crippen LogP contribution in [-0.4, -0.2) is 76.1 Å². The highest BCUT2D eigenvalue weighted by atomic mass is 19.1. The van der Waals surface area contributed by atoms with Gasteiger partial charge in [-0.25, -0.2) is 19.3 Å². The molecule has 4 aromatic rings. The Balaban J connectivity index is 1.36. The Hall–Kier alpha value is -4.26. The number of carbonyl (C=O) groups excluding carboxylic acids is 1. The molecule has 0 spiro atoms. The zero-order chi connectivity index (χ0) is 28.8. The van der Waals surface area contributed by atoms with Gasteiger partial charge >= 0.3 is 0 Å². The number of hydrogen-bond donors (Lipinski definition) is 3. The average molecular weight is 561 g/mol. The molecule has 1 amide bonds. The van der Waals surface area contributed by atoms with Crippen molar-refractivity contribution in [3.05, 3.63) is 72.7 Å². The number of hydrogen-bond acceptors (Lipinski definition) is 9. The molecule has 1 saturated heterocycles. The fraction of sp³-hybridized carbons (Fsp3) is 0.345. The summed E-state index contributed by atoms with van der Waals surface area (Å²) in [6.07, 6.45) is 5.01. The Labute approximate surface area is 237 Å². The number of imidazole rings is 1. The predicted molar refractivity (Wildman–Crippen MR) is 151 cm³/mol. The summed E-state index contributed by atoms with van der Waals surface area (Å²) in [4.78, 5) is 36.1. The molecule has 1 fully saturated rings. The van der Waals surface area contributed by atoms with E-state index in [-0.39, 0.29) is 24.9 Å². The Morgan fingerprint density at radius 3 is 2.61 bits per heavy atom. The lowest BCUT2D eigenvalue weighted by molar-refractivity contribution is -0.231. The van der Waals surface area contributed by atoms with Crippen molar-refractivity contribution in [1.82, 2.24) is 35.1 Å². The summed E-state index contributed by atoms with van der Waals surface area (Å²) >= 11 is 0. The molecule has 214 valence electrons. The summed E-state index contributed by atoms with van der Waals surface area (Å²) in [5.74, 6) is 0.313. The third kappa shape index (κ3) is 6.91. The lowest BCUT2D eigenvalue weighted by Crippen LogP contribution is -2.49. The van der Waals surface area contributed by atoms with Crippen LogP contribution in [0.15, 0.2) is 61.1 Å². The van der Waals surface area contributed by atoms with Crippen LogP contribution >= 0.6 is 0 Å². The fourth-order valence-electron chi connectivity index (χ4n) is 4.34. The molecule has 5 rings (SSSR count). The van der Waals surface area contributed by atoms with Crippen LogP contribution in [0.1, 0.15) is 25.5 Å². The number of amides is 1. The number of rotatable bonds is 10. The maximum atomic E-state index is 13.7. The van der Waals surface area contributed by atoms with Crippen molar-refractivity contribution in [2.75, 3.05) is 45.7 Å². The number of aromatic nitrogens is 5. The predicted octanol–water partition coefficient (Wildman–Crippen LogP) is 3.93. The van der Waals surface area contributed by atoms with Gasteiger partial charge in [0.15, 0.2) is 5.82 Å². The summed E-state index contributed by atoms with van der Waals surface area (Å²) in [7, 11) is 3.99. The Kier molecular flexibility index (Phi) is 8.62. The molecule has 0 unspecified atom stereocenters. The van der Waals surface area contributed by atoms with Crippen LogP contribution in [0.5, 0.6) is 0 Å². The SMILES string of the molecule is CN(C)CCCNC(=O)C1(C)COC(c2nc(-c3ccc(F)cc3)c(-c3ccnc(Nc4cccnc4)n3)[nH]2)OC1. The fourth-order valence-corrected chi connectivity index (χ4v) is 4.34. The van der Waals surface area contributed by atoms with Crippen molar-refractivity contribution < 1.29 is 18.7 Å². The second-order valence-corrected chi connectivity index (χ2v) is 10.4. The van der Waals surface area contributed by atoms with Gasteiger partial charge in [-0.15, -0.1) is 0 Å². The number of H-pyrrole nitrogens is 1. The van der Waals surface area contributed by atoms with E-state index < -0.39 is 11.7 Å². The quantitative estimate of drug-likeness (QED) is 0.247. The van der Waals surface area contributed by atoms with E-state index in [9.17, 15) is 9.18 Å². The van der Waals surface area contributed by atoms with Gasteiger partial charge in [0, 0.05) is 24.5 Å². The summed E-state index contributed by atoms with van der Waals surface area (Å²) < 4.78 is 25.7. The second kappa shape index (κ2) is 12.5. The first-order valence-electron chi connectivity index (χ1n) is 13.3. The second-order valence-electron chi connectivity index (χ2n) is 10.4. The Morgan fingerprint density at radius 1 is 1.12 bits per heavy atom. The standard InChI is InChI=1S/C29H33FN8O3/c1-29(27(39)32-13-5-15-38(2)3)17-40-26(41-18-29)25-36-23(19-7-9-20(30)10-8-19)24(37-25)22-11-14-33-28(35-22)34-21-6-4-12-31-16-21/h4,6-12,14,16,26H,5,13,15,17-18H2,1-3H3,(H,32,39)(H,36,37)(H,33,34,35). The number of aromatic amines is 1. The molecular weight excluding hydrogens is 527 g/mol. The monoisotopic (exact) mass is 560 g/mol. The molecule has 4 heterocycles. The minimum Gasteiger partial charge on any atom is -0.355 e. The van der Waals surface area contributed by atoms with Gasteiger partial charge in [-0.05, 0) is 76.4 Å². The molecule has 1 aromatic carbocycles. The van der Waals surface area contributed by atoms with E-state index in [4.69, 9.17) is 14.5 Å². The van der Waals surface area contributed by atoms with Crippen LogP contribution in [0.4, 0.5) is 16.0 Å². The molecule has 3 N–H and O–H groups in total. The van der Waals surface area contributed by atoms with Crippen LogP contribution in [0.25, 0.3) is 22.6 Å². The zero-order valence-electron chi connectivity index (χ0n) is 23.2. The van der Waals surface area contributed by atoms with E-state index in [1.54, 1.807) is 36.8 Å². The maximum absolute atomic E-state index is 13.7. The van der Waals surface area contributed by atoms with Crippen LogP contribution in [-0.2, 0) is 14.3 Å². The Morgan fingerprint density at radius 2 is 1.90 bits per heavy atom. The molecule has 3 aromatic heterocycles. The van der Waals surface area contributed by atoms with Gasteiger partial charge in [-0.3, -0.25) is 9.78 Å². The van der Waals surface area contributed by atoms with Crippen LogP contribution in [0.3, 0.4) is 0 Å². The number of nitrogens with zero attached hydrogens (tertiary/aromatic N) is 5. The van der Waals surface area contributed by atoms with Gasteiger partial charge < -0.3 is 30.0 Å². The Bertz CT molecular complexity index is 1450. The van der Waals surface area contributed by atoms with Gasteiger partial charge in [0.25, 0.3) is 0 Å². The molecule has 0 radical (unpaired) electrons. The minimum absolute atomic E-state index is 0.114. The minimum atomic E-state index is -0.830. The van der Waals surface area contributed by atoms with Crippen molar-refractivity contribution in [2.24, 2.45) is 5.41 Å². The maximum Gasteiger partial charge on any atom is 0.230 e. The van der Waals surface area contributed by atoms with E-state index in [1.165, 1.54) is 12.1 Å². The number of carbonyl (C=O) groups is 1. The smallest absolute Gasteiger partial charge is 0.230 e. The number of halogens is 1. The number of nitrogens with one attached hydrogen (secondary N) is 3. The van der Waals surface area contributed by atoms with E-state index in [0.29, 0.717) is 41.0 Å². The van der Waals surface area contributed by atoms with E-state index in [0.717, 1.165) is 18.7 Å². The first-order chi connectivity index (χ1) is 19.8. The van der Waals surface area contributed by atoms with Crippen LogP contribution in [0.2, 0.25) is 0 Å². The number of pyridine rings is 1. The van der Waals surface area contributed by atoms with Crippen LogP contribution in [0, 0.1) is 11.2 Å². The molecule has 1 aliphatic rings. The molecule has 41 heavy (non-hydrogen) atoms. The van der Waals surface area contributed by atoms with Crippen LogP contribution < -0.4 is 10.6 Å². The molecule has 0 atom stereocenters. The highest BCUT2D eigenvalue weighted by Crippen LogP contribution is 2.35. The lowest BCUT2D eigenvalue weighted by atomic mass is 9.91. The van der Waals surface area contributed by atoms with Gasteiger partial charge in [0.2, 0.25) is 18.1 Å². The summed E-state index contributed by atoms with van der Waals surface area (Å²) in [5, 5.41) is 6.12. The number of ether oxygens (including phenoxy) is 2. The van der Waals surface area contributed by atoms with E-state index in [1.807, 2.05) is 33.2 Å². The van der Waals surface area contributed by atoms with Crippen molar-refractivity contribution in [2.45, 2.75) is 19.6 Å². The third-order valence-electron chi connectivity index (χ3n) is 6.61. The average Bonchev–Trinajstić information content (AvgIpc) is 3.42. The largest absolute Gasteiger partial charge is 0.355 e. The summed E-state index contributed by atoms with van der Waals surface area (Å²) in [5.41, 5.74) is 2.28. The first-order valence-corrected chi connectivity index (χ1v) is 13.3. The van der Waals surface area contributed by atoms with Crippen molar-refractivity contribution in [1.29, 1.82) is 0 Å². The summed E-state index contributed by atoms with van der Waals surface area (Å²) in [6, 6.07) is 11.5. The number of anilines is 2. The van der Waals surface area contributed by atoms with Crippen molar-refractivity contribution in [3.8, 4) is 22.6 Å². The molecular formula is C29H33FN8O3. The molecule has 0 bridgehead atoms. The van der Waals surface area contributed by atoms with E-state index >= 15 is 0 Å². The van der Waals surface area contributed by atoms with Crippen molar-refractivity contribution >= 4 is 17.5 Å². The number of benzene rings is 1. The first kappa shape index (κ1) is 28.3. The lowest BCUT2D eigenvalue weighted by Gasteiger charge is -2.35. The van der Waals surface area contributed by atoms with Gasteiger partial charge in [-0.2, -0.15) is 0 Å². The molecule has 1 aliphatic heterocycles.